The van der Waals surface area contributed by atoms with Crippen LogP contribution in [0.5, 0.6) is 0 Å². The lowest BCUT2D eigenvalue weighted by atomic mass is 10.1. The van der Waals surface area contributed by atoms with Crippen molar-refractivity contribution in [1.29, 1.82) is 0 Å². The first-order chi connectivity index (χ1) is 6.38. The Kier molecular flexibility index (Phi) is 3.83. The van der Waals surface area contributed by atoms with E-state index in [1.165, 1.54) is 5.56 Å². The third-order valence-corrected chi connectivity index (χ3v) is 1.81. The lowest BCUT2D eigenvalue weighted by molar-refractivity contribution is 1.49. The molecule has 0 aliphatic rings. The Bertz CT molecular complexity index is 311. The van der Waals surface area contributed by atoms with E-state index in [4.69, 9.17) is 0 Å². The third kappa shape index (κ3) is 2.79. The summed E-state index contributed by atoms with van der Waals surface area (Å²) in [6.45, 7) is 2.01. The fourth-order valence-corrected chi connectivity index (χ4v) is 1.14. The third-order valence-electron chi connectivity index (χ3n) is 1.81. The normalized spacial score (nSPS) is 11.2. The first-order valence-electron chi connectivity index (χ1n) is 4.44. The molecule has 0 spiro atoms. The maximum absolute atomic E-state index is 3.15. The molecular weight excluding hydrogens is 158 g/mol. The maximum Gasteiger partial charge on any atom is 0.0411 e. The number of anilines is 1. The van der Waals surface area contributed by atoms with E-state index in [-0.39, 0.29) is 0 Å². The van der Waals surface area contributed by atoms with Gasteiger partial charge in [-0.25, -0.2) is 0 Å². The average molecular weight is 173 g/mol. The zero-order valence-electron chi connectivity index (χ0n) is 8.12. The van der Waals surface area contributed by atoms with Gasteiger partial charge in [-0.15, -0.1) is 0 Å². The number of benzene rings is 1. The van der Waals surface area contributed by atoms with Crippen LogP contribution in [0.15, 0.2) is 42.5 Å². The predicted octanol–water partition coefficient (Wildman–Crippen LogP) is 3.32. The molecule has 1 N–H and O–H groups in total. The van der Waals surface area contributed by atoms with Gasteiger partial charge < -0.3 is 5.32 Å². The molecule has 0 aliphatic heterocycles. The fraction of sp³-hybridized carbons (Fsp3) is 0.167. The van der Waals surface area contributed by atoms with E-state index in [0.717, 1.165) is 5.69 Å². The maximum atomic E-state index is 3.15. The largest absolute Gasteiger partial charge is 0.388 e. The van der Waals surface area contributed by atoms with Crippen molar-refractivity contribution in [1.82, 2.24) is 0 Å². The summed E-state index contributed by atoms with van der Waals surface area (Å²) in [5, 5.41) is 3.15. The van der Waals surface area contributed by atoms with Crippen LogP contribution < -0.4 is 5.32 Å². The number of rotatable bonds is 3. The number of hydrogen-bond donors (Lipinski definition) is 1. The number of allylic oxidation sites excluding steroid dienone is 3. The van der Waals surface area contributed by atoms with Crippen LogP contribution in [0, 0.1) is 0 Å². The minimum atomic E-state index is 1.16. The van der Waals surface area contributed by atoms with E-state index in [0.29, 0.717) is 0 Å². The van der Waals surface area contributed by atoms with Gasteiger partial charge in [-0.3, -0.25) is 0 Å². The molecule has 0 saturated carbocycles. The van der Waals surface area contributed by atoms with Gasteiger partial charge in [0, 0.05) is 12.7 Å². The summed E-state index contributed by atoms with van der Waals surface area (Å²) >= 11 is 0. The van der Waals surface area contributed by atoms with Crippen LogP contribution in [0.1, 0.15) is 12.5 Å². The van der Waals surface area contributed by atoms with Gasteiger partial charge >= 0.3 is 0 Å². The highest BCUT2D eigenvalue weighted by Gasteiger charge is 1.92. The first-order valence-corrected chi connectivity index (χ1v) is 4.44. The molecule has 0 aromatic heterocycles. The van der Waals surface area contributed by atoms with Crippen molar-refractivity contribution < 1.29 is 0 Å². The van der Waals surface area contributed by atoms with Crippen molar-refractivity contribution in [2.45, 2.75) is 6.92 Å². The quantitative estimate of drug-likeness (QED) is 0.691. The van der Waals surface area contributed by atoms with E-state index >= 15 is 0 Å². The summed E-state index contributed by atoms with van der Waals surface area (Å²) in [5.41, 5.74) is 2.37. The molecule has 0 heterocycles. The van der Waals surface area contributed by atoms with Gasteiger partial charge in [-0.1, -0.05) is 42.5 Å². The van der Waals surface area contributed by atoms with Crippen molar-refractivity contribution in [2.75, 3.05) is 12.4 Å². The molecule has 0 radical (unpaired) electrons. The van der Waals surface area contributed by atoms with E-state index in [2.05, 4.69) is 23.5 Å². The molecule has 0 amide bonds. The number of hydrogen-bond acceptors (Lipinski definition) is 1. The Balaban J connectivity index is 2.86. The molecule has 0 fully saturated rings. The Morgan fingerprint density at radius 1 is 1.15 bits per heavy atom. The minimum absolute atomic E-state index is 1.16. The molecule has 0 bridgehead atoms. The fourth-order valence-electron chi connectivity index (χ4n) is 1.14. The highest BCUT2D eigenvalue weighted by molar-refractivity contribution is 5.66. The molecule has 1 rings (SSSR count). The highest BCUT2D eigenvalue weighted by Crippen LogP contribution is 2.15. The van der Waals surface area contributed by atoms with Crippen LogP contribution in [-0.2, 0) is 0 Å². The molecule has 13 heavy (non-hydrogen) atoms. The predicted molar refractivity (Wildman–Crippen MR) is 59.8 cm³/mol. The van der Waals surface area contributed by atoms with Crippen molar-refractivity contribution in [3.05, 3.63) is 48.1 Å². The van der Waals surface area contributed by atoms with E-state index in [9.17, 15) is 0 Å². The van der Waals surface area contributed by atoms with Crippen molar-refractivity contribution in [3.63, 3.8) is 0 Å². The zero-order chi connectivity index (χ0) is 9.52. The monoisotopic (exact) mass is 173 g/mol. The second kappa shape index (κ2) is 5.20. The molecule has 0 unspecified atom stereocenters. The molecule has 1 nitrogen and oxygen atoms in total. The first kappa shape index (κ1) is 9.59. The van der Waals surface area contributed by atoms with Crippen LogP contribution in [0.25, 0.3) is 6.08 Å². The minimum Gasteiger partial charge on any atom is -0.388 e. The lowest BCUT2D eigenvalue weighted by Gasteiger charge is -2.03. The molecule has 1 aromatic rings. The Morgan fingerprint density at radius 2 is 1.92 bits per heavy atom. The second-order valence-corrected chi connectivity index (χ2v) is 2.72. The van der Waals surface area contributed by atoms with E-state index in [1.807, 2.05) is 44.3 Å². The van der Waals surface area contributed by atoms with Crippen LogP contribution in [-0.4, -0.2) is 7.05 Å². The SMILES string of the molecule is C/C=C\C=C\c1ccccc1NC. The highest BCUT2D eigenvalue weighted by atomic mass is 14.8. The van der Waals surface area contributed by atoms with Crippen LogP contribution >= 0.6 is 0 Å². The summed E-state index contributed by atoms with van der Waals surface area (Å²) in [6, 6.07) is 8.22. The van der Waals surface area contributed by atoms with E-state index in [1.54, 1.807) is 0 Å². The van der Waals surface area contributed by atoms with E-state index < -0.39 is 0 Å². The second-order valence-electron chi connectivity index (χ2n) is 2.72. The Hall–Kier alpha value is -1.50. The molecule has 1 heteroatoms. The van der Waals surface area contributed by atoms with Gasteiger partial charge in [0.05, 0.1) is 0 Å². The number of para-hydroxylation sites is 1. The standard InChI is InChI=1S/C12H15N/c1-3-4-5-8-11-9-6-7-10-12(11)13-2/h3-10,13H,1-2H3/b4-3-,8-5+. The Morgan fingerprint density at radius 3 is 2.62 bits per heavy atom. The summed E-state index contributed by atoms with van der Waals surface area (Å²) in [4.78, 5) is 0. The van der Waals surface area contributed by atoms with Crippen LogP contribution in [0.3, 0.4) is 0 Å². The smallest absolute Gasteiger partial charge is 0.0411 e. The summed E-state index contributed by atoms with van der Waals surface area (Å²) < 4.78 is 0. The van der Waals surface area contributed by atoms with Gasteiger partial charge in [-0.2, -0.15) is 0 Å². The topological polar surface area (TPSA) is 12.0 Å². The van der Waals surface area contributed by atoms with Gasteiger partial charge in [0.15, 0.2) is 0 Å². The Labute approximate surface area is 79.8 Å². The molecule has 0 aliphatic carbocycles. The zero-order valence-corrected chi connectivity index (χ0v) is 8.12. The molecular formula is C12H15N. The van der Waals surface area contributed by atoms with Gasteiger partial charge in [0.2, 0.25) is 0 Å². The van der Waals surface area contributed by atoms with Gasteiger partial charge in [-0.05, 0) is 18.6 Å². The molecule has 0 atom stereocenters. The van der Waals surface area contributed by atoms with Crippen molar-refractivity contribution in [3.8, 4) is 0 Å². The van der Waals surface area contributed by atoms with Crippen molar-refractivity contribution in [2.24, 2.45) is 0 Å². The average Bonchev–Trinajstić information content (AvgIpc) is 2.19. The molecule has 0 saturated heterocycles. The molecule has 1 aromatic carbocycles. The van der Waals surface area contributed by atoms with Gasteiger partial charge in [0.1, 0.15) is 0 Å². The summed E-state index contributed by atoms with van der Waals surface area (Å²) in [6.07, 6.45) is 8.16. The van der Waals surface area contributed by atoms with Gasteiger partial charge in [0.25, 0.3) is 0 Å². The number of nitrogens with one attached hydrogen (secondary N) is 1. The lowest BCUT2D eigenvalue weighted by Crippen LogP contribution is -1.89. The summed E-state index contributed by atoms with van der Waals surface area (Å²) in [7, 11) is 1.93. The molecule has 68 valence electrons. The summed E-state index contributed by atoms with van der Waals surface area (Å²) in [5.74, 6) is 0. The van der Waals surface area contributed by atoms with Crippen molar-refractivity contribution >= 4 is 11.8 Å². The van der Waals surface area contributed by atoms with Crippen LogP contribution in [0.4, 0.5) is 5.69 Å². The van der Waals surface area contributed by atoms with Crippen LogP contribution in [0.2, 0.25) is 0 Å².